The molecule has 1 aliphatic rings. The van der Waals surface area contributed by atoms with Crippen LogP contribution in [0.1, 0.15) is 42.7 Å². The van der Waals surface area contributed by atoms with Gasteiger partial charge in [-0.15, -0.1) is 0 Å². The second kappa shape index (κ2) is 9.96. The highest BCUT2D eigenvalue weighted by atomic mass is 16.5. The van der Waals surface area contributed by atoms with Crippen LogP contribution in [0, 0.1) is 0 Å². The minimum absolute atomic E-state index is 0.00198. The summed E-state index contributed by atoms with van der Waals surface area (Å²) in [6.45, 7) is 6.50. The molecule has 0 radical (unpaired) electrons. The average Bonchev–Trinajstić information content (AvgIpc) is 3.30. The molecule has 0 spiro atoms. The number of hydrogen-bond donors (Lipinski definition) is 0. The number of aryl methyl sites for hydroxylation is 1. The third-order valence-corrected chi connectivity index (χ3v) is 6.71. The van der Waals surface area contributed by atoms with E-state index in [2.05, 4.69) is 45.9 Å². The normalized spacial score (nSPS) is 15.1. The fourth-order valence-corrected chi connectivity index (χ4v) is 4.63. The van der Waals surface area contributed by atoms with Gasteiger partial charge in [0.2, 0.25) is 5.88 Å². The van der Waals surface area contributed by atoms with Gasteiger partial charge in [0, 0.05) is 73.0 Å². The quantitative estimate of drug-likeness (QED) is 0.365. The summed E-state index contributed by atoms with van der Waals surface area (Å²) in [5.74, 6) is 0.522. The summed E-state index contributed by atoms with van der Waals surface area (Å²) in [6.07, 6.45) is 9.63. The lowest BCUT2D eigenvalue weighted by molar-refractivity contribution is 0.0809. The molecule has 35 heavy (non-hydrogen) atoms. The van der Waals surface area contributed by atoms with Crippen molar-refractivity contribution in [3.63, 3.8) is 0 Å². The molecule has 4 heterocycles. The van der Waals surface area contributed by atoms with E-state index < -0.39 is 0 Å². The van der Waals surface area contributed by atoms with E-state index in [9.17, 15) is 4.79 Å². The van der Waals surface area contributed by atoms with Gasteiger partial charge in [-0.3, -0.25) is 14.5 Å². The maximum Gasteiger partial charge on any atom is 0.214 e. The van der Waals surface area contributed by atoms with Crippen LogP contribution in [0.5, 0.6) is 5.88 Å². The number of nitrogens with zero attached hydrogens (tertiary/aromatic N) is 5. The minimum atomic E-state index is 0.00198. The number of hydrogen-bond acceptors (Lipinski definition) is 6. The van der Waals surface area contributed by atoms with Crippen molar-refractivity contribution in [3.8, 4) is 17.0 Å². The zero-order valence-electron chi connectivity index (χ0n) is 20.5. The molecule has 7 heteroatoms. The van der Waals surface area contributed by atoms with Crippen molar-refractivity contribution in [2.24, 2.45) is 7.05 Å². The molecule has 7 nitrogen and oxygen atoms in total. The van der Waals surface area contributed by atoms with E-state index >= 15 is 0 Å². The zero-order valence-corrected chi connectivity index (χ0v) is 20.5. The van der Waals surface area contributed by atoms with Crippen molar-refractivity contribution in [3.05, 3.63) is 72.4 Å². The molecular weight excluding hydrogens is 438 g/mol. The molecule has 4 aromatic rings. The maximum atomic E-state index is 13.1. The molecule has 1 aliphatic heterocycles. The number of fused-ring (bicyclic) bond motifs is 1. The molecule has 1 saturated heterocycles. The van der Waals surface area contributed by atoms with Gasteiger partial charge < -0.3 is 9.64 Å². The Morgan fingerprint density at radius 1 is 1.03 bits per heavy atom. The molecule has 5 rings (SSSR count). The third-order valence-electron chi connectivity index (χ3n) is 6.71. The first-order valence-electron chi connectivity index (χ1n) is 12.2. The molecule has 180 valence electrons. The van der Waals surface area contributed by atoms with Crippen LogP contribution in [0.2, 0.25) is 0 Å². The van der Waals surface area contributed by atoms with Crippen molar-refractivity contribution in [2.45, 2.75) is 45.3 Å². The second-order valence-electron chi connectivity index (χ2n) is 9.57. The Kier molecular flexibility index (Phi) is 6.59. The number of benzene rings is 1. The first kappa shape index (κ1) is 23.2. The SMILES string of the molecule is CC(C)N1CCC(Oc2cc(C(=O)Cc3cc4cc(-c5cnn(C)c5)ccc4cn3)ccn2)CC1. The highest BCUT2D eigenvalue weighted by Gasteiger charge is 2.22. The lowest BCUT2D eigenvalue weighted by Crippen LogP contribution is -2.41. The lowest BCUT2D eigenvalue weighted by Gasteiger charge is -2.34. The summed E-state index contributed by atoms with van der Waals surface area (Å²) >= 11 is 0. The summed E-state index contributed by atoms with van der Waals surface area (Å²) in [5, 5.41) is 6.35. The van der Waals surface area contributed by atoms with Gasteiger partial charge >= 0.3 is 0 Å². The molecule has 0 atom stereocenters. The monoisotopic (exact) mass is 469 g/mol. The number of carbonyl (C=O) groups is 1. The number of ether oxygens (including phenoxy) is 1. The Labute approximate surface area is 205 Å². The molecule has 1 fully saturated rings. The average molecular weight is 470 g/mol. The minimum Gasteiger partial charge on any atom is -0.474 e. The van der Waals surface area contributed by atoms with E-state index in [4.69, 9.17) is 4.74 Å². The van der Waals surface area contributed by atoms with Crippen LogP contribution in [-0.2, 0) is 13.5 Å². The van der Waals surface area contributed by atoms with Crippen molar-refractivity contribution in [1.82, 2.24) is 24.6 Å². The number of piperidine rings is 1. The number of Topliss-reactive ketones (excluding diaryl/α,β-unsaturated/α-hetero) is 1. The van der Waals surface area contributed by atoms with Gasteiger partial charge in [0.25, 0.3) is 0 Å². The predicted molar refractivity (Wildman–Crippen MR) is 137 cm³/mol. The third kappa shape index (κ3) is 5.41. The Balaban J connectivity index is 1.27. The fraction of sp³-hybridized carbons (Fsp3) is 0.357. The van der Waals surface area contributed by atoms with E-state index in [1.807, 2.05) is 37.8 Å². The van der Waals surface area contributed by atoms with E-state index in [1.165, 1.54) is 0 Å². The van der Waals surface area contributed by atoms with E-state index in [1.54, 1.807) is 23.0 Å². The highest BCUT2D eigenvalue weighted by molar-refractivity contribution is 5.98. The van der Waals surface area contributed by atoms with E-state index in [-0.39, 0.29) is 18.3 Å². The molecule has 3 aromatic heterocycles. The van der Waals surface area contributed by atoms with Gasteiger partial charge in [0.15, 0.2) is 5.78 Å². The Morgan fingerprint density at radius 2 is 1.86 bits per heavy atom. The van der Waals surface area contributed by atoms with Crippen LogP contribution in [0.25, 0.3) is 21.9 Å². The van der Waals surface area contributed by atoms with E-state index in [0.29, 0.717) is 17.5 Å². The topological polar surface area (TPSA) is 73.1 Å². The Bertz CT molecular complexity index is 1340. The molecule has 0 aliphatic carbocycles. The summed E-state index contributed by atoms with van der Waals surface area (Å²) in [6, 6.07) is 12.3. The standard InChI is InChI=1S/C28H31N5O2/c1-19(2)33-10-7-26(8-11-33)35-28-14-21(6-9-29-28)27(34)15-25-13-23-12-20(4-5-22(23)16-30-25)24-17-31-32(3)18-24/h4-6,9,12-14,16-19,26H,7-8,10-11,15H2,1-3H3. The van der Waals surface area contributed by atoms with Gasteiger partial charge in [-0.1, -0.05) is 12.1 Å². The summed E-state index contributed by atoms with van der Waals surface area (Å²) in [7, 11) is 1.91. The molecule has 0 amide bonds. The van der Waals surface area contributed by atoms with Crippen LogP contribution in [0.4, 0.5) is 0 Å². The number of pyridine rings is 2. The summed E-state index contributed by atoms with van der Waals surface area (Å²) < 4.78 is 7.92. The smallest absolute Gasteiger partial charge is 0.214 e. The second-order valence-corrected chi connectivity index (χ2v) is 9.57. The number of aromatic nitrogens is 4. The van der Waals surface area contributed by atoms with Gasteiger partial charge in [0.1, 0.15) is 6.10 Å². The molecule has 0 unspecified atom stereocenters. The van der Waals surface area contributed by atoms with E-state index in [0.717, 1.165) is 53.5 Å². The molecular formula is C28H31N5O2. The Morgan fingerprint density at radius 3 is 2.60 bits per heavy atom. The molecule has 0 saturated carbocycles. The maximum absolute atomic E-state index is 13.1. The number of carbonyl (C=O) groups excluding carboxylic acids is 1. The van der Waals surface area contributed by atoms with Gasteiger partial charge in [0.05, 0.1) is 12.6 Å². The highest BCUT2D eigenvalue weighted by Crippen LogP contribution is 2.25. The number of likely N-dealkylation sites (tertiary alicyclic amines) is 1. The molecule has 1 aromatic carbocycles. The van der Waals surface area contributed by atoms with Gasteiger partial charge in [-0.25, -0.2) is 4.98 Å². The van der Waals surface area contributed by atoms with Crippen molar-refractivity contribution < 1.29 is 9.53 Å². The molecule has 0 bridgehead atoms. The van der Waals surface area contributed by atoms with Crippen LogP contribution in [0.15, 0.2) is 61.2 Å². The summed E-state index contributed by atoms with van der Waals surface area (Å²) in [5.41, 5.74) is 3.49. The fourth-order valence-electron chi connectivity index (χ4n) is 4.63. The first-order chi connectivity index (χ1) is 16.9. The Hall–Kier alpha value is -3.58. The van der Waals surface area contributed by atoms with Crippen molar-refractivity contribution >= 4 is 16.6 Å². The predicted octanol–water partition coefficient (Wildman–Crippen LogP) is 4.71. The zero-order chi connectivity index (χ0) is 24.4. The first-order valence-corrected chi connectivity index (χ1v) is 12.2. The lowest BCUT2D eigenvalue weighted by atomic mass is 10.0. The van der Waals surface area contributed by atoms with Crippen molar-refractivity contribution in [2.75, 3.05) is 13.1 Å². The number of rotatable bonds is 7. The number of ketones is 1. The van der Waals surface area contributed by atoms with Crippen LogP contribution < -0.4 is 4.74 Å². The van der Waals surface area contributed by atoms with Gasteiger partial charge in [-0.2, -0.15) is 5.10 Å². The van der Waals surface area contributed by atoms with Gasteiger partial charge in [-0.05, 0) is 55.8 Å². The summed E-state index contributed by atoms with van der Waals surface area (Å²) in [4.78, 5) is 24.4. The van der Waals surface area contributed by atoms with Crippen molar-refractivity contribution in [1.29, 1.82) is 0 Å². The van der Waals surface area contributed by atoms with Crippen LogP contribution in [0.3, 0.4) is 0 Å². The molecule has 0 N–H and O–H groups in total. The van der Waals surface area contributed by atoms with Crippen LogP contribution >= 0.6 is 0 Å². The largest absolute Gasteiger partial charge is 0.474 e. The van der Waals surface area contributed by atoms with Crippen LogP contribution in [-0.4, -0.2) is 55.7 Å².